The second-order valence-corrected chi connectivity index (χ2v) is 6.91. The van der Waals surface area contributed by atoms with Crippen molar-refractivity contribution in [1.82, 2.24) is 5.32 Å². The summed E-state index contributed by atoms with van der Waals surface area (Å²) in [5, 5.41) is 3.76. The second-order valence-electron chi connectivity index (χ2n) is 6.91. The van der Waals surface area contributed by atoms with Crippen molar-refractivity contribution in [2.24, 2.45) is 11.3 Å². The van der Waals surface area contributed by atoms with E-state index in [9.17, 15) is 0 Å². The molecule has 3 atom stereocenters. The fraction of sp³-hybridized carbons (Fsp3) is 1.00. The second kappa shape index (κ2) is 5.89. The van der Waals surface area contributed by atoms with Gasteiger partial charge in [0.25, 0.3) is 0 Å². The highest BCUT2D eigenvalue weighted by atomic mass is 16.5. The van der Waals surface area contributed by atoms with Crippen LogP contribution in [0.4, 0.5) is 0 Å². The summed E-state index contributed by atoms with van der Waals surface area (Å²) in [5.41, 5.74) is 0.256. The van der Waals surface area contributed by atoms with Crippen LogP contribution in [0.2, 0.25) is 0 Å². The number of rotatable bonds is 5. The van der Waals surface area contributed by atoms with E-state index in [4.69, 9.17) is 9.47 Å². The summed E-state index contributed by atoms with van der Waals surface area (Å²) in [4.78, 5) is 0. The fourth-order valence-corrected chi connectivity index (χ4v) is 2.92. The quantitative estimate of drug-likeness (QED) is 0.819. The third kappa shape index (κ3) is 3.25. The van der Waals surface area contributed by atoms with E-state index in [0.717, 1.165) is 26.2 Å². The maximum absolute atomic E-state index is 6.00. The maximum atomic E-state index is 6.00. The Balaban J connectivity index is 1.75. The zero-order valence-corrected chi connectivity index (χ0v) is 12.4. The number of hydrogen-bond donors (Lipinski definition) is 1. The Morgan fingerprint density at radius 2 is 2.17 bits per heavy atom. The first-order chi connectivity index (χ1) is 8.50. The topological polar surface area (TPSA) is 30.5 Å². The first-order valence-electron chi connectivity index (χ1n) is 7.45. The van der Waals surface area contributed by atoms with Gasteiger partial charge in [-0.2, -0.15) is 0 Å². The molecule has 3 heteroatoms. The predicted molar refractivity (Wildman–Crippen MR) is 73.7 cm³/mol. The van der Waals surface area contributed by atoms with Crippen LogP contribution in [0.5, 0.6) is 0 Å². The van der Waals surface area contributed by atoms with Crippen LogP contribution >= 0.6 is 0 Å². The van der Waals surface area contributed by atoms with E-state index in [1.807, 2.05) is 0 Å². The molecule has 0 aromatic rings. The molecule has 2 aliphatic rings. The lowest BCUT2D eigenvalue weighted by atomic mass is 9.64. The van der Waals surface area contributed by atoms with Gasteiger partial charge in [0.2, 0.25) is 0 Å². The van der Waals surface area contributed by atoms with Crippen LogP contribution in [0.15, 0.2) is 0 Å². The van der Waals surface area contributed by atoms with Crippen LogP contribution in [-0.2, 0) is 9.47 Å². The Labute approximate surface area is 112 Å². The minimum absolute atomic E-state index is 0.256. The van der Waals surface area contributed by atoms with Crippen molar-refractivity contribution in [3.8, 4) is 0 Å². The highest BCUT2D eigenvalue weighted by Crippen LogP contribution is 2.43. The highest BCUT2D eigenvalue weighted by molar-refractivity contribution is 5.03. The molecule has 2 rings (SSSR count). The molecule has 0 radical (unpaired) electrons. The summed E-state index contributed by atoms with van der Waals surface area (Å²) >= 11 is 0. The van der Waals surface area contributed by atoms with Crippen LogP contribution in [0, 0.1) is 11.3 Å². The number of hydrogen-bond acceptors (Lipinski definition) is 3. The molecule has 3 nitrogen and oxygen atoms in total. The van der Waals surface area contributed by atoms with Crippen LogP contribution in [0.3, 0.4) is 0 Å². The van der Waals surface area contributed by atoms with Crippen molar-refractivity contribution in [3.63, 3.8) is 0 Å². The van der Waals surface area contributed by atoms with Gasteiger partial charge in [0.1, 0.15) is 0 Å². The van der Waals surface area contributed by atoms with E-state index >= 15 is 0 Å². The van der Waals surface area contributed by atoms with Gasteiger partial charge in [0.05, 0.1) is 12.7 Å². The standard InChI is InChI=1S/C15H29NO2/c1-11(2)9-18-14-8-13(15(14,3)4)16-12-6-5-7-17-10-12/h11-14,16H,5-10H2,1-4H3. The average molecular weight is 255 g/mol. The van der Waals surface area contributed by atoms with Crippen LogP contribution in [0.25, 0.3) is 0 Å². The van der Waals surface area contributed by atoms with E-state index in [0.29, 0.717) is 24.1 Å². The fourth-order valence-electron chi connectivity index (χ4n) is 2.92. The van der Waals surface area contributed by atoms with Crippen molar-refractivity contribution < 1.29 is 9.47 Å². The molecular weight excluding hydrogens is 226 g/mol. The maximum Gasteiger partial charge on any atom is 0.0656 e. The van der Waals surface area contributed by atoms with E-state index < -0.39 is 0 Å². The van der Waals surface area contributed by atoms with Gasteiger partial charge in [-0.15, -0.1) is 0 Å². The highest BCUT2D eigenvalue weighted by Gasteiger charge is 2.49. The SMILES string of the molecule is CC(C)COC1CC(NC2CCCOC2)C1(C)C. The largest absolute Gasteiger partial charge is 0.380 e. The molecule has 2 fully saturated rings. The molecule has 0 aromatic carbocycles. The van der Waals surface area contributed by atoms with Gasteiger partial charge in [0, 0.05) is 30.7 Å². The van der Waals surface area contributed by atoms with Gasteiger partial charge in [0.15, 0.2) is 0 Å². The molecule has 3 unspecified atom stereocenters. The molecule has 0 bridgehead atoms. The molecule has 1 heterocycles. The molecule has 18 heavy (non-hydrogen) atoms. The monoisotopic (exact) mass is 255 g/mol. The van der Waals surface area contributed by atoms with Gasteiger partial charge in [-0.05, 0) is 25.2 Å². The van der Waals surface area contributed by atoms with Crippen molar-refractivity contribution in [3.05, 3.63) is 0 Å². The third-order valence-electron chi connectivity index (χ3n) is 4.41. The first-order valence-corrected chi connectivity index (χ1v) is 7.45. The third-order valence-corrected chi connectivity index (χ3v) is 4.41. The summed E-state index contributed by atoms with van der Waals surface area (Å²) in [6.07, 6.45) is 4.01. The Kier molecular flexibility index (Phi) is 4.68. The van der Waals surface area contributed by atoms with Gasteiger partial charge < -0.3 is 14.8 Å². The van der Waals surface area contributed by atoms with E-state index in [-0.39, 0.29) is 5.41 Å². The van der Waals surface area contributed by atoms with Crippen molar-refractivity contribution in [2.75, 3.05) is 19.8 Å². The molecule has 1 saturated heterocycles. The van der Waals surface area contributed by atoms with E-state index in [2.05, 4.69) is 33.0 Å². The molecule has 106 valence electrons. The summed E-state index contributed by atoms with van der Waals surface area (Å²) in [7, 11) is 0. The summed E-state index contributed by atoms with van der Waals surface area (Å²) < 4.78 is 11.5. The molecule has 1 aliphatic carbocycles. The lowest BCUT2D eigenvalue weighted by Crippen LogP contribution is -2.63. The van der Waals surface area contributed by atoms with Crippen molar-refractivity contribution >= 4 is 0 Å². The molecule has 1 saturated carbocycles. The Morgan fingerprint density at radius 3 is 2.72 bits per heavy atom. The lowest BCUT2D eigenvalue weighted by molar-refractivity contribution is -0.128. The summed E-state index contributed by atoms with van der Waals surface area (Å²) in [6, 6.07) is 1.13. The van der Waals surface area contributed by atoms with Gasteiger partial charge in [-0.3, -0.25) is 0 Å². The Bertz CT molecular complexity index is 259. The predicted octanol–water partition coefficient (Wildman–Crippen LogP) is 2.59. The Morgan fingerprint density at radius 1 is 1.39 bits per heavy atom. The van der Waals surface area contributed by atoms with Crippen LogP contribution < -0.4 is 5.32 Å². The minimum Gasteiger partial charge on any atom is -0.380 e. The molecule has 1 N–H and O–H groups in total. The van der Waals surface area contributed by atoms with Crippen molar-refractivity contribution in [1.29, 1.82) is 0 Å². The zero-order valence-electron chi connectivity index (χ0n) is 12.4. The molecule has 1 aliphatic heterocycles. The number of nitrogens with one attached hydrogen (secondary N) is 1. The molecule has 0 amide bonds. The minimum atomic E-state index is 0.256. The lowest BCUT2D eigenvalue weighted by Gasteiger charge is -2.53. The van der Waals surface area contributed by atoms with Gasteiger partial charge in [-0.1, -0.05) is 27.7 Å². The summed E-state index contributed by atoms with van der Waals surface area (Å²) in [6.45, 7) is 11.8. The average Bonchev–Trinajstić information content (AvgIpc) is 2.33. The van der Waals surface area contributed by atoms with E-state index in [1.165, 1.54) is 12.8 Å². The molecule has 0 spiro atoms. The number of ether oxygens (including phenoxy) is 2. The zero-order chi connectivity index (χ0) is 13.2. The molecule has 0 aromatic heterocycles. The van der Waals surface area contributed by atoms with Crippen molar-refractivity contribution in [2.45, 2.75) is 65.1 Å². The first kappa shape index (κ1) is 14.3. The normalized spacial score (nSPS) is 35.5. The Hall–Kier alpha value is -0.120. The van der Waals surface area contributed by atoms with E-state index in [1.54, 1.807) is 0 Å². The smallest absolute Gasteiger partial charge is 0.0656 e. The van der Waals surface area contributed by atoms with Gasteiger partial charge in [-0.25, -0.2) is 0 Å². The van der Waals surface area contributed by atoms with Crippen LogP contribution in [-0.4, -0.2) is 38.0 Å². The van der Waals surface area contributed by atoms with Crippen LogP contribution in [0.1, 0.15) is 47.0 Å². The molecular formula is C15H29NO2. The van der Waals surface area contributed by atoms with Gasteiger partial charge >= 0.3 is 0 Å². The summed E-state index contributed by atoms with van der Waals surface area (Å²) in [5.74, 6) is 0.625.